The van der Waals surface area contributed by atoms with Crippen molar-refractivity contribution in [1.29, 1.82) is 0 Å². The zero-order valence-electron chi connectivity index (χ0n) is 15.6. The van der Waals surface area contributed by atoms with Gasteiger partial charge < -0.3 is 19.5 Å². The second-order valence-corrected chi connectivity index (χ2v) is 6.97. The van der Waals surface area contributed by atoms with Crippen molar-refractivity contribution in [1.82, 2.24) is 9.97 Å². The fraction of sp³-hybridized carbons (Fsp3) is 0.263. The van der Waals surface area contributed by atoms with Gasteiger partial charge in [-0.2, -0.15) is 0 Å². The number of anilines is 2. The molecule has 1 N–H and O–H groups in total. The van der Waals surface area contributed by atoms with E-state index in [9.17, 15) is 10.1 Å². The number of benzene rings is 2. The molecule has 29 heavy (non-hydrogen) atoms. The van der Waals surface area contributed by atoms with Crippen LogP contribution >= 0.6 is 11.6 Å². The van der Waals surface area contributed by atoms with Gasteiger partial charge in [0.25, 0.3) is 5.69 Å². The molecule has 4 rings (SSSR count). The van der Waals surface area contributed by atoms with E-state index in [1.54, 1.807) is 12.1 Å². The van der Waals surface area contributed by atoms with Crippen LogP contribution in [0.25, 0.3) is 10.9 Å². The Labute approximate surface area is 170 Å². The lowest BCUT2D eigenvalue weighted by molar-refractivity contribution is -0.384. The number of nitrogens with zero attached hydrogens (tertiary/aromatic N) is 3. The Balaban J connectivity index is 1.84. The van der Waals surface area contributed by atoms with E-state index in [0.29, 0.717) is 52.9 Å². The Bertz CT molecular complexity index is 1110. The predicted molar refractivity (Wildman–Crippen MR) is 108 cm³/mol. The first-order chi connectivity index (χ1) is 13.9. The fourth-order valence-electron chi connectivity index (χ4n) is 3.01. The van der Waals surface area contributed by atoms with Gasteiger partial charge in [0, 0.05) is 17.8 Å². The van der Waals surface area contributed by atoms with Gasteiger partial charge >= 0.3 is 0 Å². The summed E-state index contributed by atoms with van der Waals surface area (Å²) in [5.74, 6) is 1.91. The van der Waals surface area contributed by atoms with E-state index in [2.05, 4.69) is 15.3 Å². The lowest BCUT2D eigenvalue weighted by atomic mass is 10.1. The highest BCUT2D eigenvalue weighted by Crippen LogP contribution is 2.47. The van der Waals surface area contributed by atoms with Gasteiger partial charge in [0.15, 0.2) is 11.5 Å². The first-order valence-corrected chi connectivity index (χ1v) is 9.26. The van der Waals surface area contributed by atoms with Crippen LogP contribution in [0.1, 0.15) is 13.8 Å². The molecule has 2 aromatic carbocycles. The van der Waals surface area contributed by atoms with E-state index in [1.165, 1.54) is 18.5 Å². The third kappa shape index (κ3) is 3.68. The van der Waals surface area contributed by atoms with Gasteiger partial charge in [0.1, 0.15) is 30.4 Å². The minimum absolute atomic E-state index is 0.0534. The van der Waals surface area contributed by atoms with Gasteiger partial charge in [0.05, 0.1) is 21.9 Å². The molecule has 0 saturated carbocycles. The van der Waals surface area contributed by atoms with Crippen LogP contribution in [0.2, 0.25) is 5.02 Å². The number of aromatic nitrogens is 2. The molecule has 0 spiro atoms. The molecule has 10 heteroatoms. The standard InChI is InChI=1S/C19H17ClN4O5/c1-10(2)29-15-8-13-16(18-17(15)27-5-6-28-18)19(22-9-21-13)23-11-3-4-12(20)14(7-11)24(25)26/h3-4,7-10H,5-6H2,1-2H3,(H,21,22,23). The molecule has 0 bridgehead atoms. The smallest absolute Gasteiger partial charge is 0.289 e. The first kappa shape index (κ1) is 19.0. The van der Waals surface area contributed by atoms with Crippen LogP contribution < -0.4 is 19.5 Å². The molecule has 0 unspecified atom stereocenters. The van der Waals surface area contributed by atoms with Crippen LogP contribution in [-0.2, 0) is 0 Å². The molecular formula is C19H17ClN4O5. The normalized spacial score (nSPS) is 12.8. The molecule has 0 amide bonds. The number of rotatable bonds is 5. The lowest BCUT2D eigenvalue weighted by Crippen LogP contribution is -2.18. The second-order valence-electron chi connectivity index (χ2n) is 6.56. The molecule has 2 heterocycles. The van der Waals surface area contributed by atoms with Crippen LogP contribution in [0.4, 0.5) is 17.2 Å². The average molecular weight is 417 g/mol. The molecule has 0 atom stereocenters. The summed E-state index contributed by atoms with van der Waals surface area (Å²) in [6, 6.07) is 6.19. The summed E-state index contributed by atoms with van der Waals surface area (Å²) in [5, 5.41) is 14.9. The van der Waals surface area contributed by atoms with Gasteiger partial charge in [-0.3, -0.25) is 10.1 Å². The molecule has 1 aliphatic heterocycles. The van der Waals surface area contributed by atoms with Crippen molar-refractivity contribution in [2.24, 2.45) is 0 Å². The summed E-state index contributed by atoms with van der Waals surface area (Å²) in [7, 11) is 0. The Morgan fingerprint density at radius 3 is 2.69 bits per heavy atom. The third-order valence-electron chi connectivity index (χ3n) is 4.15. The second kappa shape index (κ2) is 7.59. The van der Waals surface area contributed by atoms with E-state index >= 15 is 0 Å². The zero-order chi connectivity index (χ0) is 20.5. The van der Waals surface area contributed by atoms with Gasteiger partial charge in [0.2, 0.25) is 5.75 Å². The number of nitrogens with one attached hydrogen (secondary N) is 1. The monoisotopic (exact) mass is 416 g/mol. The Kier molecular flexibility index (Phi) is 4.98. The van der Waals surface area contributed by atoms with Crippen molar-refractivity contribution in [2.45, 2.75) is 20.0 Å². The summed E-state index contributed by atoms with van der Waals surface area (Å²) in [6.07, 6.45) is 1.33. The van der Waals surface area contributed by atoms with Crippen molar-refractivity contribution in [3.8, 4) is 17.2 Å². The Hall–Kier alpha value is -3.33. The quantitative estimate of drug-likeness (QED) is 0.478. The van der Waals surface area contributed by atoms with Crippen molar-refractivity contribution in [3.05, 3.63) is 45.7 Å². The summed E-state index contributed by atoms with van der Waals surface area (Å²) in [6.45, 7) is 4.60. The number of nitro benzene ring substituents is 1. The molecule has 9 nitrogen and oxygen atoms in total. The zero-order valence-corrected chi connectivity index (χ0v) is 16.4. The highest BCUT2D eigenvalue weighted by Gasteiger charge is 2.25. The van der Waals surface area contributed by atoms with Crippen LogP contribution in [0.15, 0.2) is 30.6 Å². The summed E-state index contributed by atoms with van der Waals surface area (Å²) >= 11 is 5.90. The topological polar surface area (TPSA) is 109 Å². The summed E-state index contributed by atoms with van der Waals surface area (Å²) in [5.41, 5.74) is 0.837. The van der Waals surface area contributed by atoms with E-state index < -0.39 is 4.92 Å². The molecule has 150 valence electrons. The molecule has 0 fully saturated rings. The number of hydrogen-bond acceptors (Lipinski definition) is 8. The van der Waals surface area contributed by atoms with Crippen molar-refractivity contribution in [2.75, 3.05) is 18.5 Å². The Morgan fingerprint density at radius 2 is 1.97 bits per heavy atom. The average Bonchev–Trinajstić information content (AvgIpc) is 2.69. The van der Waals surface area contributed by atoms with E-state index in [-0.39, 0.29) is 16.8 Å². The number of nitro groups is 1. The molecule has 0 aliphatic carbocycles. The maximum absolute atomic E-state index is 11.2. The van der Waals surface area contributed by atoms with Crippen molar-refractivity contribution < 1.29 is 19.1 Å². The molecular weight excluding hydrogens is 400 g/mol. The fourth-order valence-corrected chi connectivity index (χ4v) is 3.20. The van der Waals surface area contributed by atoms with Crippen LogP contribution in [0.5, 0.6) is 17.2 Å². The van der Waals surface area contributed by atoms with Gasteiger partial charge in [-0.15, -0.1) is 0 Å². The molecule has 0 radical (unpaired) electrons. The number of halogens is 1. The summed E-state index contributed by atoms with van der Waals surface area (Å²) in [4.78, 5) is 19.3. The third-order valence-corrected chi connectivity index (χ3v) is 4.47. The SMILES string of the molecule is CC(C)Oc1cc2ncnc(Nc3ccc(Cl)c([N+](=O)[O-])c3)c2c2c1OCCO2. The van der Waals surface area contributed by atoms with E-state index in [0.717, 1.165) is 0 Å². The van der Waals surface area contributed by atoms with E-state index in [1.807, 2.05) is 13.8 Å². The maximum atomic E-state index is 11.2. The highest BCUT2D eigenvalue weighted by molar-refractivity contribution is 6.32. The number of ether oxygens (including phenoxy) is 3. The van der Waals surface area contributed by atoms with Crippen LogP contribution in [-0.4, -0.2) is 34.2 Å². The van der Waals surface area contributed by atoms with Crippen LogP contribution in [0, 0.1) is 10.1 Å². The number of hydrogen-bond donors (Lipinski definition) is 1. The van der Waals surface area contributed by atoms with Crippen LogP contribution in [0.3, 0.4) is 0 Å². The van der Waals surface area contributed by atoms with E-state index in [4.69, 9.17) is 25.8 Å². The predicted octanol–water partition coefficient (Wildman–Crippen LogP) is 4.49. The first-order valence-electron chi connectivity index (χ1n) is 8.89. The van der Waals surface area contributed by atoms with Crippen molar-refractivity contribution in [3.63, 3.8) is 0 Å². The van der Waals surface area contributed by atoms with Gasteiger partial charge in [-0.05, 0) is 26.0 Å². The largest absolute Gasteiger partial charge is 0.487 e. The maximum Gasteiger partial charge on any atom is 0.289 e. The van der Waals surface area contributed by atoms with Gasteiger partial charge in [-0.25, -0.2) is 9.97 Å². The molecule has 0 saturated heterocycles. The lowest BCUT2D eigenvalue weighted by Gasteiger charge is -2.24. The summed E-state index contributed by atoms with van der Waals surface area (Å²) < 4.78 is 17.5. The number of fused-ring (bicyclic) bond motifs is 3. The Morgan fingerprint density at radius 1 is 1.21 bits per heavy atom. The highest BCUT2D eigenvalue weighted by atomic mass is 35.5. The molecule has 1 aromatic heterocycles. The molecule has 3 aromatic rings. The molecule has 1 aliphatic rings. The minimum Gasteiger partial charge on any atom is -0.487 e. The minimum atomic E-state index is -0.542. The van der Waals surface area contributed by atoms with Crippen molar-refractivity contribution >= 4 is 39.7 Å². The van der Waals surface area contributed by atoms with Gasteiger partial charge in [-0.1, -0.05) is 11.6 Å².